The molecule has 36 heavy (non-hydrogen) atoms. The highest BCUT2D eigenvalue weighted by Gasteiger charge is 2.64. The predicted molar refractivity (Wildman–Crippen MR) is 130 cm³/mol. The summed E-state index contributed by atoms with van der Waals surface area (Å²) in [4.78, 5) is 40.8. The Morgan fingerprint density at radius 1 is 1.19 bits per heavy atom. The number of hydrogen-bond acceptors (Lipinski definition) is 8. The van der Waals surface area contributed by atoms with Gasteiger partial charge >= 0.3 is 0 Å². The summed E-state index contributed by atoms with van der Waals surface area (Å²) in [7, 11) is 0. The first-order chi connectivity index (χ1) is 17.1. The van der Waals surface area contributed by atoms with Crippen LogP contribution in [0.3, 0.4) is 0 Å². The van der Waals surface area contributed by atoms with Crippen LogP contribution in [0.2, 0.25) is 0 Å². The first kappa shape index (κ1) is 24.7. The number of carbonyl (C=O) groups excluding carboxylic acids is 3. The van der Waals surface area contributed by atoms with E-state index in [2.05, 4.69) is 17.1 Å². The zero-order valence-corrected chi connectivity index (χ0v) is 20.2. The molecule has 1 aromatic rings. The van der Waals surface area contributed by atoms with Crippen molar-refractivity contribution in [3.05, 3.63) is 46.0 Å². The molecule has 6 N–H and O–H groups in total. The molecule has 1 aliphatic heterocycles. The number of aryl methyl sites for hydroxylation is 1. The van der Waals surface area contributed by atoms with Gasteiger partial charge in [-0.2, -0.15) is 0 Å². The highest BCUT2D eigenvalue weighted by atomic mass is 16.3. The van der Waals surface area contributed by atoms with Crippen LogP contribution in [0, 0.1) is 17.8 Å². The average molecular weight is 497 g/mol. The van der Waals surface area contributed by atoms with E-state index in [-0.39, 0.29) is 29.7 Å². The topological polar surface area (TPSA) is 161 Å². The summed E-state index contributed by atoms with van der Waals surface area (Å²) in [6.07, 6.45) is 4.74. The smallest absolute Gasteiger partial charge is 0.230 e. The Kier molecular flexibility index (Phi) is 6.05. The van der Waals surface area contributed by atoms with Crippen molar-refractivity contribution in [3.63, 3.8) is 0 Å². The van der Waals surface area contributed by atoms with Crippen LogP contribution in [0.4, 0.5) is 0 Å². The fourth-order valence-corrected chi connectivity index (χ4v) is 6.64. The zero-order chi connectivity index (χ0) is 25.9. The highest BCUT2D eigenvalue weighted by molar-refractivity contribution is 6.24. The van der Waals surface area contributed by atoms with E-state index in [1.165, 1.54) is 0 Å². The quantitative estimate of drug-likeness (QED) is 0.304. The van der Waals surface area contributed by atoms with Crippen molar-refractivity contribution in [2.24, 2.45) is 23.5 Å². The Morgan fingerprint density at radius 2 is 1.94 bits per heavy atom. The number of amides is 1. The van der Waals surface area contributed by atoms with Crippen LogP contribution in [-0.2, 0) is 33.8 Å². The molecule has 192 valence electrons. The maximum Gasteiger partial charge on any atom is 0.230 e. The molecule has 0 radical (unpaired) electrons. The number of primary amides is 1. The number of nitrogens with zero attached hydrogens (tertiary/aromatic N) is 1. The number of rotatable bonds is 4. The van der Waals surface area contributed by atoms with Gasteiger partial charge in [0.1, 0.15) is 17.4 Å². The molecule has 2 saturated carbocycles. The lowest BCUT2D eigenvalue weighted by Crippen LogP contribution is -2.66. The maximum absolute atomic E-state index is 13.7. The van der Waals surface area contributed by atoms with Crippen molar-refractivity contribution in [2.75, 3.05) is 13.1 Å². The number of ketones is 2. The summed E-state index contributed by atoms with van der Waals surface area (Å²) < 4.78 is 0. The lowest BCUT2D eigenvalue weighted by atomic mass is 9.56. The van der Waals surface area contributed by atoms with E-state index in [9.17, 15) is 34.8 Å². The van der Waals surface area contributed by atoms with E-state index in [1.54, 1.807) is 0 Å². The number of phenolic OH excluding ortho intramolecular Hbond substituents is 1. The fraction of sp³-hybridized carbons (Fsp3) is 0.519. The summed E-state index contributed by atoms with van der Waals surface area (Å²) in [5.41, 5.74) is 5.15. The van der Waals surface area contributed by atoms with Crippen LogP contribution in [0.15, 0.2) is 23.8 Å². The van der Waals surface area contributed by atoms with Gasteiger partial charge in [0.05, 0.1) is 11.7 Å². The van der Waals surface area contributed by atoms with Gasteiger partial charge in [-0.3, -0.25) is 19.3 Å². The summed E-state index contributed by atoms with van der Waals surface area (Å²) in [6, 6.07) is 1.96. The van der Waals surface area contributed by atoms with Crippen molar-refractivity contribution in [3.8, 4) is 5.75 Å². The van der Waals surface area contributed by atoms with Crippen LogP contribution in [-0.4, -0.2) is 67.6 Å². The average Bonchev–Trinajstić information content (AvgIpc) is 2.83. The number of phenols is 1. The Bertz CT molecular complexity index is 1220. The number of fused-ring (bicyclic) bond motifs is 3. The molecule has 0 saturated heterocycles. The second-order valence-electron chi connectivity index (χ2n) is 10.5. The Balaban J connectivity index is 1.61. The standard InChI is InChI=1S/C27H32N2O7/c1-2-13-8-15(12-29-6-4-3-5-7-29)22(31)20-17(13)10-14-9-16-11-18(30)21(26(28)35)25(34)27(16,36)24(33)19(14)23(20)32/h3-4,8,14,16,18,21,30-32,36H,2,5-7,9-12H2,1H3,(H2,28,35)/t14-,16+,18?,21?,27+/m1/s1. The minimum absolute atomic E-state index is 0.107. The second kappa shape index (κ2) is 8.83. The van der Waals surface area contributed by atoms with Crippen LogP contribution >= 0.6 is 0 Å². The normalized spacial score (nSPS) is 32.2. The number of benzene rings is 1. The number of aliphatic hydroxyl groups is 3. The molecule has 5 atom stereocenters. The monoisotopic (exact) mass is 496 g/mol. The third-order valence-electron chi connectivity index (χ3n) is 8.47. The molecule has 9 nitrogen and oxygen atoms in total. The molecule has 2 fully saturated rings. The van der Waals surface area contributed by atoms with E-state index in [1.807, 2.05) is 13.0 Å². The van der Waals surface area contributed by atoms with Gasteiger partial charge in [0.2, 0.25) is 11.7 Å². The van der Waals surface area contributed by atoms with E-state index in [0.717, 1.165) is 30.6 Å². The van der Waals surface area contributed by atoms with E-state index in [4.69, 9.17) is 5.73 Å². The molecule has 0 spiro atoms. The molecule has 3 aliphatic carbocycles. The van der Waals surface area contributed by atoms with Gasteiger partial charge in [-0.15, -0.1) is 0 Å². The van der Waals surface area contributed by atoms with Crippen LogP contribution in [0.5, 0.6) is 5.75 Å². The van der Waals surface area contributed by atoms with Crippen molar-refractivity contribution in [2.45, 2.75) is 57.3 Å². The van der Waals surface area contributed by atoms with Gasteiger partial charge in [0, 0.05) is 36.7 Å². The van der Waals surface area contributed by atoms with Gasteiger partial charge in [-0.1, -0.05) is 25.1 Å². The molecule has 1 heterocycles. The minimum atomic E-state index is -2.56. The van der Waals surface area contributed by atoms with Crippen LogP contribution < -0.4 is 5.73 Å². The Hall–Kier alpha value is -3.01. The van der Waals surface area contributed by atoms with Gasteiger partial charge < -0.3 is 26.2 Å². The number of hydrogen-bond donors (Lipinski definition) is 5. The molecular formula is C27H32N2O7. The zero-order valence-electron chi connectivity index (χ0n) is 20.2. The molecule has 0 bridgehead atoms. The molecule has 9 heteroatoms. The van der Waals surface area contributed by atoms with Crippen LogP contribution in [0.1, 0.15) is 48.4 Å². The number of nitrogens with two attached hydrogens (primary N) is 1. The van der Waals surface area contributed by atoms with Crippen molar-refractivity contribution in [1.29, 1.82) is 0 Å². The van der Waals surface area contributed by atoms with Crippen molar-refractivity contribution in [1.82, 2.24) is 4.90 Å². The molecular weight excluding hydrogens is 464 g/mol. The van der Waals surface area contributed by atoms with Gasteiger partial charge in [-0.25, -0.2) is 0 Å². The minimum Gasteiger partial charge on any atom is -0.507 e. The number of aliphatic hydroxyl groups excluding tert-OH is 2. The molecule has 0 aromatic heterocycles. The molecule has 5 rings (SSSR count). The van der Waals surface area contributed by atoms with Gasteiger partial charge in [-0.05, 0) is 49.1 Å². The third-order valence-corrected chi connectivity index (χ3v) is 8.47. The van der Waals surface area contributed by atoms with Gasteiger partial charge in [0.25, 0.3) is 0 Å². The highest BCUT2D eigenvalue weighted by Crippen LogP contribution is 2.52. The molecule has 1 aromatic carbocycles. The largest absolute Gasteiger partial charge is 0.507 e. The van der Waals surface area contributed by atoms with E-state index >= 15 is 0 Å². The lowest BCUT2D eigenvalue weighted by Gasteiger charge is -2.48. The predicted octanol–water partition coefficient (Wildman–Crippen LogP) is 0.913. The lowest BCUT2D eigenvalue weighted by molar-refractivity contribution is -0.174. The summed E-state index contributed by atoms with van der Waals surface area (Å²) in [5.74, 6) is -6.85. The number of Topliss-reactive ketones (excluding diaryl/α,β-unsaturated/α-hetero) is 2. The van der Waals surface area contributed by atoms with Crippen molar-refractivity contribution < 1.29 is 34.8 Å². The van der Waals surface area contributed by atoms with E-state index < -0.39 is 52.7 Å². The summed E-state index contributed by atoms with van der Waals surface area (Å²) in [5, 5.41) is 44.4. The summed E-state index contributed by atoms with van der Waals surface area (Å²) >= 11 is 0. The number of carbonyl (C=O) groups is 3. The molecule has 1 amide bonds. The summed E-state index contributed by atoms with van der Waals surface area (Å²) in [6.45, 7) is 4.04. The molecule has 2 unspecified atom stereocenters. The van der Waals surface area contributed by atoms with E-state index in [0.29, 0.717) is 24.9 Å². The second-order valence-corrected chi connectivity index (χ2v) is 10.5. The first-order valence-corrected chi connectivity index (χ1v) is 12.6. The SMILES string of the molecule is CCc1cc(CN2CC=CCC2)c(O)c2c1C[C@H]1C[C@H]3CC(O)C(C(N)=O)C(=O)[C@@]3(O)C(=O)C1=C2O. The van der Waals surface area contributed by atoms with Crippen LogP contribution in [0.25, 0.3) is 5.76 Å². The van der Waals surface area contributed by atoms with Gasteiger partial charge in [0.15, 0.2) is 11.4 Å². The third kappa shape index (κ3) is 3.52. The Morgan fingerprint density at radius 3 is 2.58 bits per heavy atom. The van der Waals surface area contributed by atoms with Crippen molar-refractivity contribution >= 4 is 23.2 Å². The fourth-order valence-electron chi connectivity index (χ4n) is 6.64. The molecule has 4 aliphatic rings. The Labute approximate surface area is 208 Å². The first-order valence-electron chi connectivity index (χ1n) is 12.6. The number of aromatic hydroxyl groups is 1. The maximum atomic E-state index is 13.7.